The highest BCUT2D eigenvalue weighted by Gasteiger charge is 2.30. The Hall–Kier alpha value is -6.90. The van der Waals surface area contributed by atoms with E-state index in [-0.39, 0.29) is 76.1 Å². The minimum atomic E-state index is -3.76. The fraction of sp³-hybridized carbons (Fsp3) is 0.475. The molecule has 6 aromatic rings. The number of hydrogen-bond donors (Lipinski definition) is 3. The van der Waals surface area contributed by atoms with E-state index in [1.807, 2.05) is 91.5 Å². The molecule has 2 aliphatic carbocycles. The first-order valence-electron chi connectivity index (χ1n) is 28.6. The molecular formula is C61H82N8O14S2. The Morgan fingerprint density at radius 2 is 0.929 bits per heavy atom. The van der Waals surface area contributed by atoms with Crippen molar-refractivity contribution >= 4 is 66.0 Å². The number of carboxylic acid groups (broad SMARTS) is 1. The topological polar surface area (TPSA) is 278 Å². The van der Waals surface area contributed by atoms with Gasteiger partial charge in [0.15, 0.2) is 13.2 Å². The largest absolute Gasteiger partial charge is 0.483 e. The number of aromatic carboxylic acids is 1. The zero-order valence-electron chi connectivity index (χ0n) is 49.8. The van der Waals surface area contributed by atoms with E-state index < -0.39 is 26.4 Å². The Balaban J connectivity index is 0.000000244. The summed E-state index contributed by atoms with van der Waals surface area (Å²) in [4.78, 5) is 52.9. The molecule has 0 atom stereocenters. The van der Waals surface area contributed by atoms with Crippen molar-refractivity contribution in [2.45, 2.75) is 76.0 Å². The summed E-state index contributed by atoms with van der Waals surface area (Å²) in [6.07, 6.45) is 11.4. The molecule has 4 aromatic carbocycles. The Labute approximate surface area is 498 Å². The van der Waals surface area contributed by atoms with Crippen molar-refractivity contribution in [3.8, 4) is 34.0 Å². The third-order valence-electron chi connectivity index (χ3n) is 16.1. The Morgan fingerprint density at radius 3 is 1.32 bits per heavy atom. The zero-order chi connectivity index (χ0) is 61.6. The van der Waals surface area contributed by atoms with E-state index in [2.05, 4.69) is 4.57 Å². The van der Waals surface area contributed by atoms with Crippen LogP contribution in [0.15, 0.2) is 84.9 Å². The SMILES string of the molecule is CN(CCOCCN(C)S(N)(=O)=O)C(=O)COc1ccccc1-c1c(C2CCCCC2)c2ccc(C(=O)O)cc2n1C.COC(=O)c1ccc2c(C3CCCCC3)c(-c3ccccc3OCC(=O)N(C)CCOCCN(C)S(N)(=O)=O)n(C)c2c1. The van der Waals surface area contributed by atoms with Gasteiger partial charge >= 0.3 is 11.9 Å². The molecule has 24 heteroatoms. The molecule has 2 heterocycles. The van der Waals surface area contributed by atoms with E-state index in [0.717, 1.165) is 91.5 Å². The first kappa shape index (κ1) is 65.6. The maximum absolute atomic E-state index is 12.9. The van der Waals surface area contributed by atoms with Gasteiger partial charge in [-0.15, -0.1) is 0 Å². The van der Waals surface area contributed by atoms with Gasteiger partial charge in [0.05, 0.1) is 56.1 Å². The number of rotatable bonds is 26. The number of esters is 1. The van der Waals surface area contributed by atoms with Crippen LogP contribution in [-0.2, 0) is 58.3 Å². The smallest absolute Gasteiger partial charge is 0.337 e. The Kier molecular flexibility index (Phi) is 23.1. The van der Waals surface area contributed by atoms with Crippen molar-refractivity contribution in [3.05, 3.63) is 107 Å². The average molecular weight is 1220 g/mol. The number of amides is 2. The molecule has 2 aliphatic rings. The lowest BCUT2D eigenvalue weighted by Gasteiger charge is -2.24. The molecule has 0 radical (unpaired) electrons. The third kappa shape index (κ3) is 16.8. The highest BCUT2D eigenvalue weighted by molar-refractivity contribution is 7.87. The second kappa shape index (κ2) is 29.9. The lowest BCUT2D eigenvalue weighted by atomic mass is 9.81. The fourth-order valence-corrected chi connectivity index (χ4v) is 11.8. The lowest BCUT2D eigenvalue weighted by molar-refractivity contribution is -0.133. The van der Waals surface area contributed by atoms with Gasteiger partial charge in [0, 0.05) is 101 Å². The first-order chi connectivity index (χ1) is 40.5. The number of likely N-dealkylation sites (N-methyl/N-ethyl adjacent to an activating group) is 4. The molecule has 2 fully saturated rings. The van der Waals surface area contributed by atoms with Gasteiger partial charge in [0.2, 0.25) is 0 Å². The second-order valence-corrected chi connectivity index (χ2v) is 25.0. The number of aromatic nitrogens is 2. The maximum atomic E-state index is 12.9. The minimum Gasteiger partial charge on any atom is -0.483 e. The van der Waals surface area contributed by atoms with Gasteiger partial charge in [0.1, 0.15) is 11.5 Å². The van der Waals surface area contributed by atoms with E-state index in [9.17, 15) is 41.1 Å². The number of carbonyl (C=O) groups is 4. The van der Waals surface area contributed by atoms with Crippen LogP contribution in [0, 0.1) is 0 Å². The standard InChI is InChI=1S/C31H42N4O7S.C30H40N4O7S/c1-33(16-18-41-19-17-34(2)43(32,38)39)28(36)21-42-27-13-9-8-12-25(27)30-29(22-10-6-5-7-11-22)24-15-14-23(31(37)40-4)20-26(24)35(30)3;1-32(15-17-40-18-16-33(2)42(31,38)39)27(35)20-41-26-12-8-7-11-24(26)29-28(21-9-5-4-6-10-21)23-14-13-22(30(36)37)19-25(23)34(29)3/h8-9,12-15,20,22H,5-7,10-11,16-19,21H2,1-4H3,(H2,32,38,39);7-8,11-14,19,21H,4-6,9-10,15-18,20H2,1-3H3,(H,36,37)(H2,31,38,39). The van der Waals surface area contributed by atoms with E-state index in [1.54, 1.807) is 26.2 Å². The molecule has 2 saturated carbocycles. The number of hydrogen-bond acceptors (Lipinski definition) is 13. The van der Waals surface area contributed by atoms with Crippen molar-refractivity contribution in [2.75, 3.05) is 101 Å². The lowest BCUT2D eigenvalue weighted by Crippen LogP contribution is -2.37. The van der Waals surface area contributed by atoms with Crippen molar-refractivity contribution in [1.82, 2.24) is 27.5 Å². The van der Waals surface area contributed by atoms with Gasteiger partial charge in [0.25, 0.3) is 32.2 Å². The summed E-state index contributed by atoms with van der Waals surface area (Å²) < 4.78 is 79.4. The summed E-state index contributed by atoms with van der Waals surface area (Å²) >= 11 is 0. The number of carboxylic acids is 1. The minimum absolute atomic E-state index is 0.116. The van der Waals surface area contributed by atoms with Crippen molar-refractivity contribution in [3.63, 3.8) is 0 Å². The molecule has 2 amide bonds. The van der Waals surface area contributed by atoms with E-state index in [1.165, 1.54) is 67.8 Å². The van der Waals surface area contributed by atoms with Gasteiger partial charge in [-0.25, -0.2) is 19.9 Å². The van der Waals surface area contributed by atoms with Gasteiger partial charge in [-0.3, -0.25) is 9.59 Å². The molecule has 462 valence electrons. The third-order valence-corrected chi connectivity index (χ3v) is 18.2. The normalized spacial score (nSPS) is 14.3. The van der Waals surface area contributed by atoms with Crippen LogP contribution in [0.5, 0.6) is 11.5 Å². The molecular weight excluding hydrogens is 1130 g/mol. The van der Waals surface area contributed by atoms with Crippen molar-refractivity contribution in [1.29, 1.82) is 0 Å². The maximum Gasteiger partial charge on any atom is 0.337 e. The van der Waals surface area contributed by atoms with E-state index >= 15 is 0 Å². The summed E-state index contributed by atoms with van der Waals surface area (Å²) in [6, 6.07) is 26.4. The monoisotopic (exact) mass is 1210 g/mol. The quantitative estimate of drug-likeness (QED) is 0.0357. The summed E-state index contributed by atoms with van der Waals surface area (Å²) in [5.41, 5.74) is 8.73. The molecule has 0 saturated heterocycles. The number of benzene rings is 4. The molecule has 0 spiro atoms. The Bertz CT molecular complexity index is 3540. The Morgan fingerprint density at radius 1 is 0.553 bits per heavy atom. The number of para-hydroxylation sites is 2. The van der Waals surface area contributed by atoms with Crippen molar-refractivity contribution in [2.24, 2.45) is 24.4 Å². The first-order valence-corrected chi connectivity index (χ1v) is 31.6. The molecule has 5 N–H and O–H groups in total. The highest BCUT2D eigenvalue weighted by atomic mass is 32.2. The van der Waals surface area contributed by atoms with Gasteiger partial charge in [-0.1, -0.05) is 74.9 Å². The molecule has 2 aromatic heterocycles. The predicted octanol–water partition coefficient (Wildman–Crippen LogP) is 7.25. The number of nitrogens with two attached hydrogens (primary N) is 2. The average Bonchev–Trinajstić information content (AvgIpc) is 1.69. The zero-order valence-corrected chi connectivity index (χ0v) is 51.4. The summed E-state index contributed by atoms with van der Waals surface area (Å²) in [5.74, 6) is 0.104. The number of aryl methyl sites for hydroxylation is 2. The number of carbonyl (C=O) groups excluding carboxylic acids is 3. The van der Waals surface area contributed by atoms with Crippen molar-refractivity contribution < 1.29 is 64.8 Å². The van der Waals surface area contributed by atoms with Crippen LogP contribution >= 0.6 is 0 Å². The molecule has 22 nitrogen and oxygen atoms in total. The molecule has 0 unspecified atom stereocenters. The molecule has 85 heavy (non-hydrogen) atoms. The van der Waals surface area contributed by atoms with Crippen LogP contribution in [0.2, 0.25) is 0 Å². The van der Waals surface area contributed by atoms with Gasteiger partial charge in [-0.2, -0.15) is 25.4 Å². The number of ether oxygens (including phenoxy) is 5. The number of nitrogens with zero attached hydrogens (tertiary/aromatic N) is 6. The molecule has 0 bridgehead atoms. The van der Waals surface area contributed by atoms with Crippen LogP contribution in [0.1, 0.15) is 108 Å². The van der Waals surface area contributed by atoms with Crippen LogP contribution in [0.3, 0.4) is 0 Å². The summed E-state index contributed by atoms with van der Waals surface area (Å²) in [5, 5.41) is 21.9. The fourth-order valence-electron chi connectivity index (χ4n) is 11.1. The van der Waals surface area contributed by atoms with Gasteiger partial charge in [-0.05, 0) is 97.2 Å². The summed E-state index contributed by atoms with van der Waals surface area (Å²) in [7, 11) is 3.89. The van der Waals surface area contributed by atoms with Gasteiger partial charge < -0.3 is 47.7 Å². The van der Waals surface area contributed by atoms with E-state index in [0.29, 0.717) is 42.0 Å². The predicted molar refractivity (Wildman–Crippen MR) is 326 cm³/mol. The highest BCUT2D eigenvalue weighted by Crippen LogP contribution is 2.48. The number of methoxy groups -OCH3 is 1. The van der Waals surface area contributed by atoms with E-state index in [4.69, 9.17) is 34.0 Å². The second-order valence-electron chi connectivity index (χ2n) is 21.7. The van der Waals surface area contributed by atoms with Crippen LogP contribution in [-0.4, -0.2) is 174 Å². The number of fused-ring (bicyclic) bond motifs is 2. The van der Waals surface area contributed by atoms with Crippen LogP contribution < -0.4 is 19.8 Å². The molecule has 0 aliphatic heterocycles. The summed E-state index contributed by atoms with van der Waals surface area (Å²) in [6.45, 7) is 1.33. The van der Waals surface area contributed by atoms with Crippen LogP contribution in [0.4, 0.5) is 0 Å². The molecule has 8 rings (SSSR count). The van der Waals surface area contributed by atoms with Crippen LogP contribution in [0.25, 0.3) is 44.3 Å².